The molecule has 70 valence electrons. The summed E-state index contributed by atoms with van der Waals surface area (Å²) in [5, 5.41) is 0. The van der Waals surface area contributed by atoms with E-state index < -0.39 is 0 Å². The molecule has 2 heteroatoms. The lowest BCUT2D eigenvalue weighted by Crippen LogP contribution is -2.32. The predicted molar refractivity (Wildman–Crippen MR) is 51.9 cm³/mol. The highest BCUT2D eigenvalue weighted by atomic mass is 16.2. The van der Waals surface area contributed by atoms with E-state index in [-0.39, 0.29) is 11.8 Å². The fourth-order valence-corrected chi connectivity index (χ4v) is 0.961. The van der Waals surface area contributed by atoms with Gasteiger partial charge in [-0.25, -0.2) is 0 Å². The molecule has 0 heterocycles. The van der Waals surface area contributed by atoms with Crippen molar-refractivity contribution in [2.24, 2.45) is 5.92 Å². The first-order valence-corrected chi connectivity index (χ1v) is 4.52. The van der Waals surface area contributed by atoms with Gasteiger partial charge in [0.2, 0.25) is 5.91 Å². The summed E-state index contributed by atoms with van der Waals surface area (Å²) in [7, 11) is 0. The summed E-state index contributed by atoms with van der Waals surface area (Å²) in [6.07, 6.45) is 0. The summed E-state index contributed by atoms with van der Waals surface area (Å²) in [4.78, 5) is 13.4. The van der Waals surface area contributed by atoms with Crippen LogP contribution in [0.2, 0.25) is 0 Å². The number of carbonyl (C=O) groups excluding carboxylic acids is 1. The summed E-state index contributed by atoms with van der Waals surface area (Å²) in [5.41, 5.74) is 0.707. The molecule has 1 amide bonds. The highest BCUT2D eigenvalue weighted by Crippen LogP contribution is 2.09. The number of hydrogen-bond donors (Lipinski definition) is 0. The number of likely N-dealkylation sites (N-methyl/N-ethyl adjacent to an activating group) is 1. The van der Waals surface area contributed by atoms with Gasteiger partial charge in [-0.15, -0.1) is 0 Å². The minimum Gasteiger partial charge on any atom is -0.339 e. The molecule has 0 atom stereocenters. The van der Waals surface area contributed by atoms with Gasteiger partial charge in [-0.05, 0) is 19.8 Å². The summed E-state index contributed by atoms with van der Waals surface area (Å²) >= 11 is 0. The summed E-state index contributed by atoms with van der Waals surface area (Å²) < 4.78 is 0. The Morgan fingerprint density at radius 2 is 1.75 bits per heavy atom. The molecule has 0 aromatic heterocycles. The molecule has 0 aliphatic carbocycles. The van der Waals surface area contributed by atoms with Crippen LogP contribution in [-0.2, 0) is 4.79 Å². The van der Waals surface area contributed by atoms with Gasteiger partial charge in [0.05, 0.1) is 0 Å². The third kappa shape index (κ3) is 2.68. The average molecular weight is 169 g/mol. The van der Waals surface area contributed by atoms with Gasteiger partial charge < -0.3 is 4.90 Å². The molecule has 0 rings (SSSR count). The van der Waals surface area contributed by atoms with E-state index in [1.54, 1.807) is 4.90 Å². The Hall–Kier alpha value is -0.790. The number of amides is 1. The summed E-state index contributed by atoms with van der Waals surface area (Å²) in [5.74, 6) is 0.341. The van der Waals surface area contributed by atoms with Crippen molar-refractivity contribution >= 4 is 5.91 Å². The quantitative estimate of drug-likeness (QED) is 0.590. The molecule has 0 aliphatic heterocycles. The molecule has 2 nitrogen and oxygen atoms in total. The van der Waals surface area contributed by atoms with Crippen LogP contribution in [0.1, 0.15) is 27.7 Å². The van der Waals surface area contributed by atoms with Crippen LogP contribution in [0.3, 0.4) is 0 Å². The Morgan fingerprint density at radius 3 is 2.00 bits per heavy atom. The van der Waals surface area contributed by atoms with Gasteiger partial charge in [0.15, 0.2) is 0 Å². The van der Waals surface area contributed by atoms with Crippen molar-refractivity contribution in [1.29, 1.82) is 0 Å². The minimum atomic E-state index is 0.0926. The smallest absolute Gasteiger partial charge is 0.249 e. The van der Waals surface area contributed by atoms with Crippen LogP contribution in [-0.4, -0.2) is 23.9 Å². The van der Waals surface area contributed by atoms with Gasteiger partial charge >= 0.3 is 0 Å². The molecule has 0 aromatic carbocycles. The Bertz CT molecular complexity index is 169. The zero-order valence-corrected chi connectivity index (χ0v) is 8.55. The van der Waals surface area contributed by atoms with E-state index in [4.69, 9.17) is 0 Å². The van der Waals surface area contributed by atoms with Crippen LogP contribution in [0.5, 0.6) is 0 Å². The molecule has 0 saturated carbocycles. The van der Waals surface area contributed by atoms with Crippen molar-refractivity contribution in [3.63, 3.8) is 0 Å². The lowest BCUT2D eigenvalue weighted by Gasteiger charge is -2.21. The molecule has 0 spiro atoms. The Balaban J connectivity index is 4.26. The molecular weight excluding hydrogens is 150 g/mol. The lowest BCUT2D eigenvalue weighted by atomic mass is 10.0. The normalized spacial score (nSPS) is 10.1. The van der Waals surface area contributed by atoms with Crippen LogP contribution in [0.25, 0.3) is 0 Å². The number of carbonyl (C=O) groups is 1. The van der Waals surface area contributed by atoms with Crippen molar-refractivity contribution < 1.29 is 4.79 Å². The van der Waals surface area contributed by atoms with Gasteiger partial charge in [-0.2, -0.15) is 0 Å². The van der Waals surface area contributed by atoms with Crippen LogP contribution >= 0.6 is 0 Å². The molecule has 0 aromatic rings. The molecule has 0 aliphatic rings. The molecule has 12 heavy (non-hydrogen) atoms. The van der Waals surface area contributed by atoms with E-state index in [0.29, 0.717) is 5.57 Å². The van der Waals surface area contributed by atoms with E-state index in [2.05, 4.69) is 6.58 Å². The Labute approximate surface area is 75.3 Å². The summed E-state index contributed by atoms with van der Waals surface area (Å²) in [6.45, 7) is 13.3. The standard InChI is InChI=1S/C10H19NO/c1-6-11(7-2)10(12)9(5)8(3)4/h8H,5-7H2,1-4H3. The maximum absolute atomic E-state index is 11.6. The van der Waals surface area contributed by atoms with Crippen LogP contribution in [0.15, 0.2) is 12.2 Å². The maximum atomic E-state index is 11.6. The second-order valence-electron chi connectivity index (χ2n) is 3.16. The number of rotatable bonds is 4. The predicted octanol–water partition coefficient (Wildman–Crippen LogP) is 2.07. The van der Waals surface area contributed by atoms with Crippen LogP contribution in [0, 0.1) is 5.92 Å². The van der Waals surface area contributed by atoms with E-state index in [1.807, 2.05) is 27.7 Å². The van der Waals surface area contributed by atoms with E-state index in [0.717, 1.165) is 13.1 Å². The molecule has 0 fully saturated rings. The topological polar surface area (TPSA) is 20.3 Å². The first-order valence-electron chi connectivity index (χ1n) is 4.52. The largest absolute Gasteiger partial charge is 0.339 e. The lowest BCUT2D eigenvalue weighted by molar-refractivity contribution is -0.127. The van der Waals surface area contributed by atoms with Gasteiger partial charge in [0, 0.05) is 18.7 Å². The second kappa shape index (κ2) is 4.96. The van der Waals surface area contributed by atoms with Gasteiger partial charge in [0.1, 0.15) is 0 Å². The van der Waals surface area contributed by atoms with Crippen molar-refractivity contribution in [1.82, 2.24) is 4.90 Å². The first-order chi connectivity index (χ1) is 5.54. The van der Waals surface area contributed by atoms with Crippen molar-refractivity contribution in [2.75, 3.05) is 13.1 Å². The van der Waals surface area contributed by atoms with Crippen LogP contribution in [0.4, 0.5) is 0 Å². The molecule has 0 radical (unpaired) electrons. The summed E-state index contributed by atoms with van der Waals surface area (Å²) in [6, 6.07) is 0. The molecular formula is C10H19NO. The maximum Gasteiger partial charge on any atom is 0.249 e. The van der Waals surface area contributed by atoms with Crippen molar-refractivity contribution in [2.45, 2.75) is 27.7 Å². The SMILES string of the molecule is C=C(C(=O)N(CC)CC)C(C)C. The zero-order chi connectivity index (χ0) is 9.72. The third-order valence-electron chi connectivity index (χ3n) is 2.02. The van der Waals surface area contributed by atoms with E-state index in [1.165, 1.54) is 0 Å². The van der Waals surface area contributed by atoms with E-state index >= 15 is 0 Å². The van der Waals surface area contributed by atoms with Crippen LogP contribution < -0.4 is 0 Å². The Morgan fingerprint density at radius 1 is 1.33 bits per heavy atom. The van der Waals surface area contributed by atoms with Gasteiger partial charge in [-0.3, -0.25) is 4.79 Å². The molecule has 0 N–H and O–H groups in total. The molecule has 0 bridgehead atoms. The monoisotopic (exact) mass is 169 g/mol. The average Bonchev–Trinajstić information content (AvgIpc) is 2.05. The highest BCUT2D eigenvalue weighted by molar-refractivity contribution is 5.93. The fourth-order valence-electron chi connectivity index (χ4n) is 0.961. The zero-order valence-electron chi connectivity index (χ0n) is 8.55. The third-order valence-corrected chi connectivity index (χ3v) is 2.02. The van der Waals surface area contributed by atoms with E-state index in [9.17, 15) is 4.79 Å². The second-order valence-corrected chi connectivity index (χ2v) is 3.16. The van der Waals surface area contributed by atoms with Gasteiger partial charge in [0.25, 0.3) is 0 Å². The minimum absolute atomic E-state index is 0.0926. The Kier molecular flexibility index (Phi) is 4.64. The van der Waals surface area contributed by atoms with Gasteiger partial charge in [-0.1, -0.05) is 20.4 Å². The number of hydrogen-bond acceptors (Lipinski definition) is 1. The van der Waals surface area contributed by atoms with Crippen molar-refractivity contribution in [3.8, 4) is 0 Å². The molecule has 0 unspecified atom stereocenters. The molecule has 0 saturated heterocycles. The first kappa shape index (κ1) is 11.2. The highest BCUT2D eigenvalue weighted by Gasteiger charge is 2.15. The van der Waals surface area contributed by atoms with Crippen molar-refractivity contribution in [3.05, 3.63) is 12.2 Å². The fraction of sp³-hybridized carbons (Fsp3) is 0.700. The number of nitrogens with zero attached hydrogens (tertiary/aromatic N) is 1.